The summed E-state index contributed by atoms with van der Waals surface area (Å²) < 4.78 is 28.9. The lowest BCUT2D eigenvalue weighted by Crippen LogP contribution is -2.33. The molecule has 0 fully saturated rings. The highest BCUT2D eigenvalue weighted by Crippen LogP contribution is 2.24. The highest BCUT2D eigenvalue weighted by Gasteiger charge is 2.23. The van der Waals surface area contributed by atoms with Gasteiger partial charge in [0.1, 0.15) is 11.6 Å². The SMILES string of the molecule is CCN(C)C(=O)C(C)n1c(=S)[nH]c2ccc(F)c(F)c21. The summed E-state index contributed by atoms with van der Waals surface area (Å²) in [6.07, 6.45) is 0. The number of likely N-dealkylation sites (N-methyl/N-ethyl adjacent to an activating group) is 1. The number of rotatable bonds is 3. The molecule has 0 saturated heterocycles. The molecule has 0 spiro atoms. The topological polar surface area (TPSA) is 41.0 Å². The third-order valence-corrected chi connectivity index (χ3v) is 3.66. The van der Waals surface area contributed by atoms with E-state index in [1.807, 2.05) is 6.92 Å². The third-order valence-electron chi connectivity index (χ3n) is 3.37. The molecule has 1 atom stereocenters. The van der Waals surface area contributed by atoms with Gasteiger partial charge in [0.15, 0.2) is 16.4 Å². The maximum Gasteiger partial charge on any atom is 0.245 e. The molecule has 0 saturated carbocycles. The lowest BCUT2D eigenvalue weighted by Gasteiger charge is -2.21. The number of carbonyl (C=O) groups excluding carboxylic acids is 1. The Kier molecular flexibility index (Phi) is 3.89. The van der Waals surface area contributed by atoms with Gasteiger partial charge in [0.2, 0.25) is 5.91 Å². The average Bonchev–Trinajstić information content (AvgIpc) is 2.77. The van der Waals surface area contributed by atoms with Crippen LogP contribution in [0.1, 0.15) is 19.9 Å². The van der Waals surface area contributed by atoms with E-state index in [2.05, 4.69) is 4.98 Å². The zero-order chi connectivity index (χ0) is 15.0. The first kappa shape index (κ1) is 14.6. The van der Waals surface area contributed by atoms with Crippen molar-refractivity contribution >= 4 is 29.2 Å². The molecule has 2 aromatic rings. The van der Waals surface area contributed by atoms with Crippen LogP contribution >= 0.6 is 12.2 Å². The number of H-pyrrole nitrogens is 1. The Labute approximate surface area is 120 Å². The van der Waals surface area contributed by atoms with Gasteiger partial charge >= 0.3 is 0 Å². The van der Waals surface area contributed by atoms with Crippen molar-refractivity contribution in [2.75, 3.05) is 13.6 Å². The summed E-state index contributed by atoms with van der Waals surface area (Å²) in [5.74, 6) is -2.19. The molecule has 4 nitrogen and oxygen atoms in total. The summed E-state index contributed by atoms with van der Waals surface area (Å²) in [5.41, 5.74) is 0.355. The monoisotopic (exact) mass is 299 g/mol. The van der Waals surface area contributed by atoms with Gasteiger partial charge in [-0.2, -0.15) is 0 Å². The number of hydrogen-bond donors (Lipinski definition) is 1. The summed E-state index contributed by atoms with van der Waals surface area (Å²) in [6.45, 7) is 3.97. The number of imidazole rings is 1. The minimum atomic E-state index is -1.01. The molecule has 0 bridgehead atoms. The number of fused-ring (bicyclic) bond motifs is 1. The van der Waals surface area contributed by atoms with Gasteiger partial charge < -0.3 is 14.5 Å². The normalized spacial score (nSPS) is 12.7. The van der Waals surface area contributed by atoms with E-state index in [-0.39, 0.29) is 16.2 Å². The van der Waals surface area contributed by atoms with Crippen molar-refractivity contribution < 1.29 is 13.6 Å². The molecule has 1 aromatic carbocycles. The van der Waals surface area contributed by atoms with Crippen molar-refractivity contribution in [3.8, 4) is 0 Å². The van der Waals surface area contributed by atoms with Gasteiger partial charge in [0, 0.05) is 13.6 Å². The fourth-order valence-electron chi connectivity index (χ4n) is 2.11. The lowest BCUT2D eigenvalue weighted by molar-refractivity contribution is -0.132. The Balaban J connectivity index is 2.65. The number of aromatic amines is 1. The van der Waals surface area contributed by atoms with Crippen molar-refractivity contribution in [2.24, 2.45) is 0 Å². The lowest BCUT2D eigenvalue weighted by atomic mass is 10.2. The molecule has 1 unspecified atom stereocenters. The first-order chi connectivity index (χ1) is 9.38. The molecule has 2 rings (SSSR count). The number of benzene rings is 1. The standard InChI is InChI=1S/C13H15F2N3OS/c1-4-17(3)12(19)7(2)18-11-9(16-13(18)20)6-5-8(14)10(11)15/h5-7H,4H2,1-3H3,(H,16,20). The van der Waals surface area contributed by atoms with Gasteiger partial charge in [-0.25, -0.2) is 8.78 Å². The molecule has 0 radical (unpaired) electrons. The van der Waals surface area contributed by atoms with Gasteiger partial charge in [-0.05, 0) is 38.2 Å². The van der Waals surface area contributed by atoms with Crippen LogP contribution < -0.4 is 0 Å². The Hall–Kier alpha value is -1.76. The van der Waals surface area contributed by atoms with Crippen molar-refractivity contribution in [1.29, 1.82) is 0 Å². The van der Waals surface area contributed by atoms with E-state index in [9.17, 15) is 13.6 Å². The predicted octanol–water partition coefficient (Wildman–Crippen LogP) is 3.02. The predicted molar refractivity (Wildman–Crippen MR) is 75.1 cm³/mol. The smallest absolute Gasteiger partial charge is 0.245 e. The highest BCUT2D eigenvalue weighted by molar-refractivity contribution is 7.71. The van der Waals surface area contributed by atoms with E-state index >= 15 is 0 Å². The minimum Gasteiger partial charge on any atom is -0.344 e. The summed E-state index contributed by atoms with van der Waals surface area (Å²) in [5, 5.41) is 0. The maximum absolute atomic E-state index is 14.0. The second kappa shape index (κ2) is 5.32. The first-order valence-corrected chi connectivity index (χ1v) is 6.62. The van der Waals surface area contributed by atoms with Gasteiger partial charge in [0.05, 0.1) is 5.52 Å². The Bertz CT molecular complexity index is 722. The molecule has 1 heterocycles. The number of halogens is 2. The Morgan fingerprint density at radius 3 is 2.75 bits per heavy atom. The van der Waals surface area contributed by atoms with Crippen LogP contribution in [0.4, 0.5) is 8.78 Å². The molecule has 1 amide bonds. The number of hydrogen-bond acceptors (Lipinski definition) is 2. The second-order valence-electron chi connectivity index (χ2n) is 4.59. The third kappa shape index (κ3) is 2.22. The van der Waals surface area contributed by atoms with Crippen molar-refractivity contribution in [1.82, 2.24) is 14.5 Å². The summed E-state index contributed by atoms with van der Waals surface area (Å²) in [7, 11) is 1.65. The Morgan fingerprint density at radius 1 is 1.50 bits per heavy atom. The molecule has 0 aliphatic rings. The molecular weight excluding hydrogens is 284 g/mol. The number of amides is 1. The van der Waals surface area contributed by atoms with E-state index in [0.717, 1.165) is 6.07 Å². The van der Waals surface area contributed by atoms with Crippen LogP contribution in [0.5, 0.6) is 0 Å². The van der Waals surface area contributed by atoms with Crippen molar-refractivity contribution in [2.45, 2.75) is 19.9 Å². The minimum absolute atomic E-state index is 0.0136. The number of nitrogens with zero attached hydrogens (tertiary/aromatic N) is 2. The molecule has 1 aromatic heterocycles. The fraction of sp³-hybridized carbons (Fsp3) is 0.385. The average molecular weight is 299 g/mol. The molecule has 20 heavy (non-hydrogen) atoms. The van der Waals surface area contributed by atoms with Gasteiger partial charge in [-0.3, -0.25) is 4.79 Å². The summed E-state index contributed by atoms with van der Waals surface area (Å²) >= 11 is 5.12. The number of aromatic nitrogens is 2. The zero-order valence-electron chi connectivity index (χ0n) is 11.4. The van der Waals surface area contributed by atoms with E-state index < -0.39 is 17.7 Å². The van der Waals surface area contributed by atoms with E-state index in [1.54, 1.807) is 14.0 Å². The summed E-state index contributed by atoms with van der Waals surface area (Å²) in [6, 6.07) is 1.72. The van der Waals surface area contributed by atoms with Crippen LogP contribution in [-0.2, 0) is 4.79 Å². The van der Waals surface area contributed by atoms with E-state index in [0.29, 0.717) is 12.1 Å². The number of carbonyl (C=O) groups is 1. The van der Waals surface area contributed by atoms with Crippen LogP contribution in [0.15, 0.2) is 12.1 Å². The van der Waals surface area contributed by atoms with Crippen LogP contribution in [0.3, 0.4) is 0 Å². The van der Waals surface area contributed by atoms with Crippen LogP contribution in [-0.4, -0.2) is 34.0 Å². The van der Waals surface area contributed by atoms with Gasteiger partial charge in [-0.15, -0.1) is 0 Å². The largest absolute Gasteiger partial charge is 0.344 e. The quantitative estimate of drug-likeness (QED) is 0.885. The van der Waals surface area contributed by atoms with E-state index in [4.69, 9.17) is 12.2 Å². The highest BCUT2D eigenvalue weighted by atomic mass is 32.1. The van der Waals surface area contributed by atoms with Crippen LogP contribution in [0.2, 0.25) is 0 Å². The molecule has 108 valence electrons. The van der Waals surface area contributed by atoms with Crippen molar-refractivity contribution in [3.05, 3.63) is 28.5 Å². The van der Waals surface area contributed by atoms with Crippen LogP contribution in [0.25, 0.3) is 11.0 Å². The van der Waals surface area contributed by atoms with Crippen LogP contribution in [0, 0.1) is 16.4 Å². The molecule has 7 heteroatoms. The fourth-order valence-corrected chi connectivity index (χ4v) is 2.47. The molecular formula is C13H15F2N3OS. The first-order valence-electron chi connectivity index (χ1n) is 6.21. The second-order valence-corrected chi connectivity index (χ2v) is 4.97. The van der Waals surface area contributed by atoms with Crippen molar-refractivity contribution in [3.63, 3.8) is 0 Å². The van der Waals surface area contributed by atoms with Gasteiger partial charge in [0.25, 0.3) is 0 Å². The van der Waals surface area contributed by atoms with E-state index in [1.165, 1.54) is 15.5 Å². The molecule has 0 aliphatic carbocycles. The number of nitrogens with one attached hydrogen (secondary N) is 1. The summed E-state index contributed by atoms with van der Waals surface area (Å²) in [4.78, 5) is 16.5. The molecule has 1 N–H and O–H groups in total. The zero-order valence-corrected chi connectivity index (χ0v) is 12.2. The Morgan fingerprint density at radius 2 is 2.15 bits per heavy atom. The molecule has 0 aliphatic heterocycles. The maximum atomic E-state index is 14.0. The van der Waals surface area contributed by atoms with Gasteiger partial charge in [-0.1, -0.05) is 0 Å².